The van der Waals surface area contributed by atoms with Gasteiger partial charge in [-0.05, 0) is 0 Å². The monoisotopic (exact) mass is 190 g/mol. The molecule has 0 saturated heterocycles. The van der Waals surface area contributed by atoms with Crippen LogP contribution in [0.4, 0.5) is 4.48 Å². The molecule has 6 nitrogen and oxygen atoms in total. The largest absolute Gasteiger partial charge is 0.391 e. The molecule has 7 heteroatoms. The molecule has 1 heterocycles. The van der Waals surface area contributed by atoms with E-state index in [0.29, 0.717) is 6.20 Å². The van der Waals surface area contributed by atoms with Crippen molar-refractivity contribution in [1.82, 2.24) is 9.36 Å². The van der Waals surface area contributed by atoms with Crippen LogP contribution in [0.3, 0.4) is 0 Å². The maximum absolute atomic E-state index is 12.6. The van der Waals surface area contributed by atoms with Gasteiger partial charge in [0.1, 0.15) is 6.73 Å². The van der Waals surface area contributed by atoms with Gasteiger partial charge < -0.3 is 10.2 Å². The van der Waals surface area contributed by atoms with Crippen LogP contribution < -0.4 is 11.2 Å². The van der Waals surface area contributed by atoms with E-state index in [9.17, 15) is 14.1 Å². The molecule has 0 bridgehead atoms. The van der Waals surface area contributed by atoms with Crippen molar-refractivity contribution in [3.8, 4) is 0 Å². The number of aliphatic hydroxyl groups is 2. The minimum absolute atomic E-state index is 0.269. The van der Waals surface area contributed by atoms with Gasteiger partial charge in [0.05, 0.1) is 18.4 Å². The molecule has 0 saturated carbocycles. The smallest absolute Gasteiger partial charge is 0.361 e. The molecule has 1 rings (SSSR count). The Morgan fingerprint density at radius 1 is 1.38 bits per heavy atom. The third-order valence-corrected chi connectivity index (χ3v) is 1.51. The Morgan fingerprint density at radius 2 is 2.00 bits per heavy atom. The van der Waals surface area contributed by atoms with Crippen molar-refractivity contribution >= 4 is 0 Å². The first-order valence-corrected chi connectivity index (χ1v) is 3.35. The van der Waals surface area contributed by atoms with Crippen LogP contribution in [0.25, 0.3) is 0 Å². The molecule has 0 spiro atoms. The summed E-state index contributed by atoms with van der Waals surface area (Å²) in [7, 11) is 0. The molecule has 0 fully saturated rings. The molecule has 13 heavy (non-hydrogen) atoms. The third-order valence-electron chi connectivity index (χ3n) is 1.51. The molecule has 0 radical (unpaired) electrons. The number of rotatable bonds is 2. The van der Waals surface area contributed by atoms with Crippen molar-refractivity contribution in [1.29, 1.82) is 0 Å². The first-order chi connectivity index (χ1) is 6.11. The van der Waals surface area contributed by atoms with Gasteiger partial charge >= 0.3 is 5.69 Å². The van der Waals surface area contributed by atoms with E-state index in [1.807, 2.05) is 0 Å². The van der Waals surface area contributed by atoms with E-state index in [1.54, 1.807) is 0 Å². The van der Waals surface area contributed by atoms with Gasteiger partial charge in [-0.25, -0.2) is 9.36 Å². The first kappa shape index (κ1) is 9.62. The normalized spacial score (nSPS) is 10.4. The van der Waals surface area contributed by atoms with Crippen molar-refractivity contribution in [2.75, 3.05) is 0 Å². The van der Waals surface area contributed by atoms with Crippen LogP contribution in [0.15, 0.2) is 15.8 Å². The maximum Gasteiger partial charge on any atom is 0.361 e. The van der Waals surface area contributed by atoms with Gasteiger partial charge in [-0.3, -0.25) is 4.79 Å². The first-order valence-electron chi connectivity index (χ1n) is 3.35. The minimum atomic E-state index is -1.27. The zero-order valence-electron chi connectivity index (χ0n) is 6.47. The Kier molecular flexibility index (Phi) is 2.59. The summed E-state index contributed by atoms with van der Waals surface area (Å²) in [5.41, 5.74) is -2.47. The minimum Gasteiger partial charge on any atom is -0.391 e. The fourth-order valence-electron chi connectivity index (χ4n) is 0.856. The highest BCUT2D eigenvalue weighted by Gasteiger charge is 2.09. The lowest BCUT2D eigenvalue weighted by molar-refractivity contribution is 0.183. The lowest BCUT2D eigenvalue weighted by Crippen LogP contribution is -2.39. The third kappa shape index (κ3) is 1.51. The molecule has 0 aromatic carbocycles. The fraction of sp³-hybridized carbons (Fsp3) is 0.333. The SMILES string of the molecule is O=c1c(CO)cn(F)c(=O)n1CO. The zero-order chi connectivity index (χ0) is 10.0. The predicted molar refractivity (Wildman–Crippen MR) is 39.6 cm³/mol. The highest BCUT2D eigenvalue weighted by molar-refractivity contribution is 5.03. The van der Waals surface area contributed by atoms with Crippen LogP contribution in [-0.4, -0.2) is 19.6 Å². The predicted octanol–water partition coefficient (Wildman–Crippen LogP) is -1.82. The number of hydrogen-bond donors (Lipinski definition) is 2. The van der Waals surface area contributed by atoms with E-state index in [2.05, 4.69) is 0 Å². The van der Waals surface area contributed by atoms with E-state index in [-0.39, 0.29) is 14.9 Å². The molecule has 0 aliphatic heterocycles. The van der Waals surface area contributed by atoms with Gasteiger partial charge in [0.25, 0.3) is 5.56 Å². The zero-order valence-corrected chi connectivity index (χ0v) is 6.47. The van der Waals surface area contributed by atoms with Gasteiger partial charge in [0, 0.05) is 0 Å². The average Bonchev–Trinajstić information content (AvgIpc) is 2.12. The highest BCUT2D eigenvalue weighted by Crippen LogP contribution is 1.88. The quantitative estimate of drug-likeness (QED) is 0.575. The Labute approximate surface area is 71.0 Å². The summed E-state index contributed by atoms with van der Waals surface area (Å²) in [6, 6.07) is 0. The number of hydrogen-bond acceptors (Lipinski definition) is 4. The fourth-order valence-corrected chi connectivity index (χ4v) is 0.856. The molecule has 0 aliphatic rings. The summed E-state index contributed by atoms with van der Waals surface area (Å²) in [6.07, 6.45) is 0.580. The van der Waals surface area contributed by atoms with Gasteiger partial charge in [0.2, 0.25) is 0 Å². The summed E-state index contributed by atoms with van der Waals surface area (Å²) >= 11 is 0. The molecule has 0 aliphatic carbocycles. The van der Waals surface area contributed by atoms with E-state index in [0.717, 1.165) is 0 Å². The van der Waals surface area contributed by atoms with Crippen LogP contribution in [0.2, 0.25) is 0 Å². The number of aromatic nitrogens is 2. The topological polar surface area (TPSA) is 84.5 Å². The van der Waals surface area contributed by atoms with Crippen LogP contribution in [0, 0.1) is 0 Å². The summed E-state index contributed by atoms with van der Waals surface area (Å²) in [5.74, 6) is 0. The molecule has 1 aromatic rings. The molecular formula is C6H7FN2O4. The molecular weight excluding hydrogens is 183 g/mol. The van der Waals surface area contributed by atoms with Crippen molar-refractivity contribution in [2.45, 2.75) is 13.3 Å². The number of nitrogens with zero attached hydrogens (tertiary/aromatic N) is 2. The van der Waals surface area contributed by atoms with Crippen molar-refractivity contribution in [3.63, 3.8) is 0 Å². The number of halogens is 1. The van der Waals surface area contributed by atoms with Crippen molar-refractivity contribution in [2.24, 2.45) is 0 Å². The van der Waals surface area contributed by atoms with Crippen LogP contribution in [0.5, 0.6) is 0 Å². The molecule has 72 valence electrons. The van der Waals surface area contributed by atoms with E-state index in [4.69, 9.17) is 10.2 Å². The number of aliphatic hydroxyl groups excluding tert-OH is 2. The van der Waals surface area contributed by atoms with Crippen LogP contribution >= 0.6 is 0 Å². The van der Waals surface area contributed by atoms with Gasteiger partial charge in [0.15, 0.2) is 0 Å². The lowest BCUT2D eigenvalue weighted by atomic mass is 10.3. The van der Waals surface area contributed by atoms with Gasteiger partial charge in [-0.2, -0.15) is 0 Å². The summed E-state index contributed by atoms with van der Waals surface area (Å²) in [4.78, 5) is 21.5. The van der Waals surface area contributed by atoms with Crippen molar-refractivity contribution < 1.29 is 14.7 Å². The second-order valence-corrected chi connectivity index (χ2v) is 2.28. The maximum atomic E-state index is 12.6. The molecule has 1 aromatic heterocycles. The Balaban J connectivity index is 3.58. The summed E-state index contributed by atoms with van der Waals surface area (Å²) in [6.45, 7) is -1.61. The van der Waals surface area contributed by atoms with E-state index >= 15 is 0 Å². The molecule has 0 atom stereocenters. The summed E-state index contributed by atoms with van der Waals surface area (Å²) in [5, 5.41) is 17.1. The summed E-state index contributed by atoms with van der Waals surface area (Å²) < 4.78 is 12.9. The Morgan fingerprint density at radius 3 is 2.46 bits per heavy atom. The van der Waals surface area contributed by atoms with Gasteiger partial charge in [-0.15, -0.1) is 4.79 Å². The van der Waals surface area contributed by atoms with Crippen molar-refractivity contribution in [3.05, 3.63) is 32.6 Å². The van der Waals surface area contributed by atoms with E-state index in [1.165, 1.54) is 0 Å². The van der Waals surface area contributed by atoms with Crippen LogP contribution in [0.1, 0.15) is 5.56 Å². The van der Waals surface area contributed by atoms with E-state index < -0.39 is 24.6 Å². The van der Waals surface area contributed by atoms with Gasteiger partial charge in [-0.1, -0.05) is 4.48 Å². The second-order valence-electron chi connectivity index (χ2n) is 2.28. The standard InChI is InChI=1S/C6H7FN2O4/c7-9-1-4(2-10)5(12)8(3-11)6(9)13/h1,10-11H,2-3H2. The molecule has 0 unspecified atom stereocenters. The molecule has 0 amide bonds. The highest BCUT2D eigenvalue weighted by atomic mass is 19.2. The second kappa shape index (κ2) is 3.50. The lowest BCUT2D eigenvalue weighted by Gasteiger charge is -2.02. The van der Waals surface area contributed by atoms with Crippen LogP contribution in [-0.2, 0) is 13.3 Å². The Bertz CT molecular complexity index is 422. The Hall–Kier alpha value is -1.47. The molecule has 2 N–H and O–H groups in total. The average molecular weight is 190 g/mol.